The fourth-order valence-corrected chi connectivity index (χ4v) is 0. The molecule has 0 fully saturated rings. The molecule has 0 aliphatic rings. The Morgan fingerprint density at radius 2 is 0.737 bits per heavy atom. The van der Waals surface area contributed by atoms with Crippen molar-refractivity contribution in [3.05, 3.63) is 0 Å². The number of nitriles is 6. The Balaban J connectivity index is -0.0000000129. The van der Waals surface area contributed by atoms with Crippen LogP contribution in [0.3, 0.4) is 0 Å². The zero-order chi connectivity index (χ0) is 15.5. The van der Waals surface area contributed by atoms with Gasteiger partial charge in [0.15, 0.2) is 24.3 Å². The average Bonchev–Trinajstić information content (AvgIpc) is 2.46. The molecule has 0 unspecified atom stereocenters. The van der Waals surface area contributed by atoms with E-state index in [4.69, 9.17) is 31.6 Å². The summed E-state index contributed by atoms with van der Waals surface area (Å²) in [7, 11) is 0. The van der Waals surface area contributed by atoms with Gasteiger partial charge < -0.3 is 5.48 Å². The summed E-state index contributed by atoms with van der Waals surface area (Å²) in [6, 6.07) is 4.94. The molecule has 19 heavy (non-hydrogen) atoms. The van der Waals surface area contributed by atoms with E-state index >= 15 is 0 Å². The first-order valence-corrected chi connectivity index (χ1v) is 36.1. The van der Waals surface area contributed by atoms with Crippen molar-refractivity contribution >= 4 is 126 Å². The number of halogens is 1. The van der Waals surface area contributed by atoms with Crippen LogP contribution in [0.5, 0.6) is 0 Å². The Hall–Kier alpha value is 3.38. The van der Waals surface area contributed by atoms with E-state index in [-0.39, 0.29) is 19.2 Å². The summed E-state index contributed by atoms with van der Waals surface area (Å²) < 4.78 is 9.60. The summed E-state index contributed by atoms with van der Waals surface area (Å²) in [6.45, 7) is 3.50. The van der Waals surface area contributed by atoms with Gasteiger partial charge in [0.25, 0.3) is 6.32 Å². The fourth-order valence-electron chi connectivity index (χ4n) is 0. The number of hydrogen-bond donors (Lipinski definition) is 0. The molecule has 0 atom stereocenters. The van der Waals surface area contributed by atoms with E-state index in [1.165, 1.54) is 151 Å². The molecule has 0 heterocycles. The predicted molar refractivity (Wildman–Crippen MR) is 69.2 cm³/mol. The average molecular weight is 367 g/mol. The molecule has 0 aliphatic carbocycles. The first-order chi connectivity index (χ1) is 8.24. The van der Waals surface area contributed by atoms with Crippen LogP contribution in [0.15, 0.2) is 0 Å². The first-order valence-electron chi connectivity index (χ1n) is 4.07. The van der Waals surface area contributed by atoms with Crippen molar-refractivity contribution < 1.29 is 9.87 Å². The number of nitrogens with zero attached hydrogens (tertiary/aromatic N) is 6. The van der Waals surface area contributed by atoms with Crippen LogP contribution >= 0.6 is 0 Å². The molecule has 0 aromatic rings. The monoisotopic (exact) mass is 366 g/mol. The summed E-state index contributed by atoms with van der Waals surface area (Å²) in [5.74, 6) is 0. The van der Waals surface area contributed by atoms with Crippen LogP contribution in [0.4, 0.5) is 4.39 Å². The predicted octanol–water partition coefficient (Wildman–Crippen LogP) is -1.07. The molecule has 7 nitrogen and oxygen atoms in total. The third-order valence-corrected chi connectivity index (χ3v) is 0.100. The van der Waals surface area contributed by atoms with Crippen molar-refractivity contribution in [1.82, 2.24) is 0 Å². The molecule has 0 aromatic carbocycles. The maximum absolute atomic E-state index is 9.60. The second-order valence-electron chi connectivity index (χ2n) is 0.532. The molecule has 0 aliphatic heterocycles. The summed E-state index contributed by atoms with van der Waals surface area (Å²) in [4.78, 5) is 0. The zero-order valence-corrected chi connectivity index (χ0v) is 23.1. The molecule has 82 valence electrons. The van der Waals surface area contributed by atoms with E-state index < -0.39 is 0 Å². The van der Waals surface area contributed by atoms with E-state index in [0.29, 0.717) is 0 Å². The third-order valence-electron chi connectivity index (χ3n) is 0.100. The van der Waals surface area contributed by atoms with Gasteiger partial charge in [-0.05, 0) is 0 Å². The fraction of sp³-hybridized carbons (Fsp3) is 0.143. The van der Waals surface area contributed by atoms with Crippen molar-refractivity contribution in [3.8, 4) is 37.2 Å². The van der Waals surface area contributed by atoms with Crippen LogP contribution in [-0.2, 0) is 0 Å². The van der Waals surface area contributed by atoms with Crippen molar-refractivity contribution in [3.63, 3.8) is 0 Å². The Labute approximate surface area is 203 Å². The summed E-state index contributed by atoms with van der Waals surface area (Å²) >= 11 is 5.00. The van der Waals surface area contributed by atoms with Gasteiger partial charge in [0.1, 0.15) is 0 Å². The minimum absolute atomic E-state index is 0. The van der Waals surface area contributed by atoms with E-state index in [0.717, 1.165) is 0 Å². The normalized spacial score (nSPS) is 2.42. The first kappa shape index (κ1) is 49.5. The van der Waals surface area contributed by atoms with Gasteiger partial charge in [-0.1, -0.05) is 7.43 Å². The molecular weight excluding hydrogens is 360 g/mol. The second kappa shape index (κ2) is 127. The molecule has 0 spiro atoms. The molecule has 0 radical (unpaired) electrons. The van der Waals surface area contributed by atoms with Crippen molar-refractivity contribution in [2.24, 2.45) is 0 Å². The van der Waals surface area contributed by atoms with Crippen molar-refractivity contribution in [2.45, 2.75) is 7.43 Å². The van der Waals surface area contributed by atoms with E-state index in [1.54, 1.807) is 0 Å². The molecule has 2 N–H and O–H groups in total. The molecule has 0 aromatic heterocycles. The molecule has 0 saturated heterocycles. The van der Waals surface area contributed by atoms with Crippen LogP contribution in [0.25, 0.3) is 0 Å². The van der Waals surface area contributed by atoms with Crippen LogP contribution < -0.4 is 0 Å². The van der Waals surface area contributed by atoms with Gasteiger partial charge in [-0.3, -0.25) is 0 Å². The Bertz CT molecular complexity index is 270. The van der Waals surface area contributed by atoms with Gasteiger partial charge in [-0.25, -0.2) is 5.26 Å². The minimum atomic E-state index is 0. The Morgan fingerprint density at radius 1 is 0.684 bits per heavy atom. The molecule has 0 rings (SSSR count). The van der Waals surface area contributed by atoms with E-state index in [9.17, 15) is 4.39 Å². The maximum atomic E-state index is 9.60. The quantitative estimate of drug-likeness (QED) is 0.493. The van der Waals surface area contributed by atoms with Gasteiger partial charge in [-0.2, -0.15) is 26.3 Å². The SMILES string of the molecule is C.C#N.N#CC#N.N#CC#N.N#CF.O.[K][K].[K][K]. The second-order valence-corrected chi connectivity index (χ2v) is 0.532. The molecule has 12 heteroatoms. The van der Waals surface area contributed by atoms with Crippen LogP contribution in [-0.4, -0.2) is 132 Å². The van der Waals surface area contributed by atoms with Gasteiger partial charge in [0, 0.05) is 6.57 Å². The molecule has 0 bridgehead atoms. The molecule has 0 amide bonds. The zero-order valence-electron chi connectivity index (χ0n) is 10.6. The Kier molecular flexibility index (Phi) is 329. The number of rotatable bonds is 0. The van der Waals surface area contributed by atoms with Gasteiger partial charge in [-0.15, -0.1) is 4.39 Å². The van der Waals surface area contributed by atoms with Crippen LogP contribution in [0.1, 0.15) is 7.43 Å². The summed E-state index contributed by atoms with van der Waals surface area (Å²) in [5.41, 5.74) is 0. The third kappa shape index (κ3) is 278. The molecule has 0 saturated carbocycles. The standard InChI is InChI=1S/2C2N2.CFN.CHN.CH4.4K.H2O/c2*3-1-2-4;2-1-3;1-2;;;;;;/h;;;1H;1H4;;;;;1H2. The van der Waals surface area contributed by atoms with Gasteiger partial charge >= 0.3 is 126 Å². The van der Waals surface area contributed by atoms with Gasteiger partial charge in [0.2, 0.25) is 0 Å². The van der Waals surface area contributed by atoms with Crippen LogP contribution in [0.2, 0.25) is 0 Å². The Morgan fingerprint density at radius 3 is 0.737 bits per heavy atom. The number of hydrogen-bond acceptors (Lipinski definition) is 6. The van der Waals surface area contributed by atoms with E-state index in [1.807, 2.05) is 0 Å². The molecular formula is C7H7FK4N6O. The summed E-state index contributed by atoms with van der Waals surface area (Å²) in [5, 5.41) is 42.2. The van der Waals surface area contributed by atoms with Crippen LogP contribution in [0, 0.1) is 68.7 Å². The van der Waals surface area contributed by atoms with E-state index in [2.05, 4.69) is 6.57 Å². The summed E-state index contributed by atoms with van der Waals surface area (Å²) in [6.07, 6.45) is 0.250. The van der Waals surface area contributed by atoms with Crippen molar-refractivity contribution in [1.29, 1.82) is 31.6 Å². The van der Waals surface area contributed by atoms with Crippen molar-refractivity contribution in [2.75, 3.05) is 0 Å². The topological polar surface area (TPSA) is 174 Å². The van der Waals surface area contributed by atoms with Gasteiger partial charge in [0.05, 0.1) is 0 Å².